The second-order valence-electron chi connectivity index (χ2n) is 3.45. The van der Waals surface area contributed by atoms with Gasteiger partial charge in [0, 0.05) is 5.56 Å². The van der Waals surface area contributed by atoms with Crippen molar-refractivity contribution in [3.05, 3.63) is 41.5 Å². The van der Waals surface area contributed by atoms with Crippen molar-refractivity contribution in [2.75, 3.05) is 11.2 Å². The minimum absolute atomic E-state index is 0.0423. The second-order valence-corrected chi connectivity index (χ2v) is 3.45. The SMILES string of the molecule is N#Cc1c(NN)nn(C(=O)c2ccccc2)c1N. The van der Waals surface area contributed by atoms with Crippen molar-refractivity contribution in [1.82, 2.24) is 9.78 Å². The van der Waals surface area contributed by atoms with E-state index in [9.17, 15) is 4.79 Å². The lowest BCUT2D eigenvalue weighted by atomic mass is 10.2. The number of hydrogen-bond acceptors (Lipinski definition) is 6. The molecule has 7 heteroatoms. The van der Waals surface area contributed by atoms with E-state index in [-0.39, 0.29) is 17.2 Å². The molecule has 2 aromatic rings. The second kappa shape index (κ2) is 4.57. The fourth-order valence-corrected chi connectivity index (χ4v) is 1.50. The molecule has 0 aliphatic heterocycles. The number of nitrogens with one attached hydrogen (secondary N) is 1. The minimum atomic E-state index is -0.425. The minimum Gasteiger partial charge on any atom is -0.382 e. The van der Waals surface area contributed by atoms with Gasteiger partial charge < -0.3 is 11.2 Å². The van der Waals surface area contributed by atoms with Gasteiger partial charge in [0.15, 0.2) is 11.6 Å². The van der Waals surface area contributed by atoms with Crippen LogP contribution in [-0.4, -0.2) is 15.7 Å². The van der Waals surface area contributed by atoms with Gasteiger partial charge in [0.1, 0.15) is 11.6 Å². The van der Waals surface area contributed by atoms with E-state index in [1.807, 2.05) is 6.07 Å². The van der Waals surface area contributed by atoms with Gasteiger partial charge in [-0.15, -0.1) is 5.10 Å². The number of benzene rings is 1. The first kappa shape index (κ1) is 11.6. The molecular formula is C11H10N6O. The van der Waals surface area contributed by atoms with Crippen molar-refractivity contribution in [2.45, 2.75) is 0 Å². The molecule has 2 rings (SSSR count). The first-order valence-corrected chi connectivity index (χ1v) is 5.04. The van der Waals surface area contributed by atoms with E-state index < -0.39 is 5.91 Å². The number of hydrazine groups is 1. The zero-order valence-corrected chi connectivity index (χ0v) is 9.29. The van der Waals surface area contributed by atoms with E-state index in [0.717, 1.165) is 4.68 Å². The molecule has 1 heterocycles. The van der Waals surface area contributed by atoms with Gasteiger partial charge in [0.25, 0.3) is 5.91 Å². The third kappa shape index (κ3) is 1.77. The number of rotatable bonds is 2. The number of nitriles is 1. The molecule has 0 fully saturated rings. The average molecular weight is 242 g/mol. The van der Waals surface area contributed by atoms with E-state index in [0.29, 0.717) is 5.56 Å². The van der Waals surface area contributed by atoms with E-state index in [1.54, 1.807) is 30.3 Å². The lowest BCUT2D eigenvalue weighted by molar-refractivity contribution is 0.0948. The third-order valence-corrected chi connectivity index (χ3v) is 2.38. The number of carbonyl (C=O) groups is 1. The largest absolute Gasteiger partial charge is 0.382 e. The van der Waals surface area contributed by atoms with E-state index >= 15 is 0 Å². The van der Waals surface area contributed by atoms with Crippen molar-refractivity contribution in [3.63, 3.8) is 0 Å². The van der Waals surface area contributed by atoms with Crippen molar-refractivity contribution < 1.29 is 4.79 Å². The maximum Gasteiger partial charge on any atom is 0.280 e. The van der Waals surface area contributed by atoms with Crippen LogP contribution in [0.15, 0.2) is 30.3 Å². The summed E-state index contributed by atoms with van der Waals surface area (Å²) < 4.78 is 0.947. The Labute approximate surface area is 103 Å². The smallest absolute Gasteiger partial charge is 0.280 e. The molecule has 1 aromatic heterocycles. The normalized spacial score (nSPS) is 9.78. The number of nitrogen functional groups attached to an aromatic ring is 2. The summed E-state index contributed by atoms with van der Waals surface area (Å²) in [6.07, 6.45) is 0. The van der Waals surface area contributed by atoms with E-state index in [1.165, 1.54) is 0 Å². The van der Waals surface area contributed by atoms with E-state index in [2.05, 4.69) is 10.5 Å². The van der Waals surface area contributed by atoms with Crippen molar-refractivity contribution in [3.8, 4) is 6.07 Å². The van der Waals surface area contributed by atoms with Crippen LogP contribution in [0.2, 0.25) is 0 Å². The molecule has 0 bridgehead atoms. The Bertz CT molecular complexity index is 625. The number of aromatic nitrogens is 2. The quantitative estimate of drug-likeness (QED) is 0.514. The molecule has 0 radical (unpaired) electrons. The van der Waals surface area contributed by atoms with Gasteiger partial charge >= 0.3 is 0 Å². The number of nitrogens with two attached hydrogens (primary N) is 2. The van der Waals surface area contributed by atoms with Gasteiger partial charge in [-0.05, 0) is 12.1 Å². The maximum atomic E-state index is 12.1. The Hall–Kier alpha value is -2.85. The highest BCUT2D eigenvalue weighted by atomic mass is 16.2. The molecule has 0 aliphatic carbocycles. The highest BCUT2D eigenvalue weighted by Crippen LogP contribution is 2.20. The van der Waals surface area contributed by atoms with Crippen LogP contribution in [0.5, 0.6) is 0 Å². The summed E-state index contributed by atoms with van der Waals surface area (Å²) in [6.45, 7) is 0. The van der Waals surface area contributed by atoms with E-state index in [4.69, 9.17) is 16.8 Å². The zero-order chi connectivity index (χ0) is 13.1. The Balaban J connectivity index is 2.50. The number of nitrogens with zero attached hydrogens (tertiary/aromatic N) is 3. The molecule has 1 aromatic carbocycles. The van der Waals surface area contributed by atoms with Crippen molar-refractivity contribution in [2.24, 2.45) is 5.84 Å². The van der Waals surface area contributed by atoms with Crippen molar-refractivity contribution in [1.29, 1.82) is 5.26 Å². The molecule has 0 saturated carbocycles. The Morgan fingerprint density at radius 3 is 2.56 bits per heavy atom. The van der Waals surface area contributed by atoms with Crippen LogP contribution < -0.4 is 17.0 Å². The molecule has 0 amide bonds. The molecule has 0 aliphatic rings. The number of anilines is 2. The summed E-state index contributed by atoms with van der Waals surface area (Å²) in [4.78, 5) is 12.1. The predicted octanol–water partition coefficient (Wildman–Crippen LogP) is 0.311. The summed E-state index contributed by atoms with van der Waals surface area (Å²) in [5, 5.41) is 12.8. The molecular weight excluding hydrogens is 232 g/mol. The highest BCUT2D eigenvalue weighted by Gasteiger charge is 2.20. The maximum absolute atomic E-state index is 12.1. The van der Waals surface area contributed by atoms with Crippen molar-refractivity contribution >= 4 is 17.5 Å². The van der Waals surface area contributed by atoms with Gasteiger partial charge in [-0.1, -0.05) is 18.2 Å². The summed E-state index contributed by atoms with van der Waals surface area (Å²) in [5.41, 5.74) is 8.38. The zero-order valence-electron chi connectivity index (χ0n) is 9.29. The summed E-state index contributed by atoms with van der Waals surface area (Å²) >= 11 is 0. The topological polar surface area (TPSA) is 123 Å². The molecule has 0 atom stereocenters. The highest BCUT2D eigenvalue weighted by molar-refractivity contribution is 5.98. The van der Waals surface area contributed by atoms with Crippen LogP contribution in [0.25, 0.3) is 0 Å². The molecule has 0 spiro atoms. The molecule has 0 unspecified atom stereocenters. The van der Waals surface area contributed by atoms with Crippen LogP contribution in [0, 0.1) is 11.3 Å². The summed E-state index contributed by atoms with van der Waals surface area (Å²) in [6, 6.07) is 10.3. The Morgan fingerprint density at radius 2 is 2.06 bits per heavy atom. The Morgan fingerprint density at radius 1 is 1.39 bits per heavy atom. The standard InChI is InChI=1S/C11H10N6O/c12-6-8-9(13)17(16-10(8)15-14)11(18)7-4-2-1-3-5-7/h1-5H,13-14H2,(H,15,16). The van der Waals surface area contributed by atoms with Crippen LogP contribution in [0.1, 0.15) is 15.9 Å². The molecule has 18 heavy (non-hydrogen) atoms. The lowest BCUT2D eigenvalue weighted by Gasteiger charge is -2.01. The first-order valence-electron chi connectivity index (χ1n) is 5.04. The molecule has 7 nitrogen and oxygen atoms in total. The first-order chi connectivity index (χ1) is 8.69. The van der Waals surface area contributed by atoms with Gasteiger partial charge in [-0.25, -0.2) is 5.84 Å². The number of hydrogen-bond donors (Lipinski definition) is 3. The molecule has 90 valence electrons. The van der Waals surface area contributed by atoms with Crippen LogP contribution in [0.3, 0.4) is 0 Å². The molecule has 5 N–H and O–H groups in total. The fourth-order valence-electron chi connectivity index (χ4n) is 1.50. The summed E-state index contributed by atoms with van der Waals surface area (Å²) in [7, 11) is 0. The van der Waals surface area contributed by atoms with Crippen LogP contribution in [0.4, 0.5) is 11.6 Å². The fraction of sp³-hybridized carbons (Fsp3) is 0. The molecule has 0 saturated heterocycles. The lowest BCUT2D eigenvalue weighted by Crippen LogP contribution is -2.16. The van der Waals surface area contributed by atoms with Gasteiger partial charge in [0.2, 0.25) is 0 Å². The van der Waals surface area contributed by atoms with Crippen LogP contribution in [-0.2, 0) is 0 Å². The van der Waals surface area contributed by atoms with Gasteiger partial charge in [-0.2, -0.15) is 9.94 Å². The average Bonchev–Trinajstić information content (AvgIpc) is 2.75. The summed E-state index contributed by atoms with van der Waals surface area (Å²) in [5.74, 6) is 4.81. The van der Waals surface area contributed by atoms with Gasteiger partial charge in [-0.3, -0.25) is 4.79 Å². The third-order valence-electron chi connectivity index (χ3n) is 2.38. The number of carbonyl (C=O) groups excluding carboxylic acids is 1. The Kier molecular flexibility index (Phi) is 2.95. The van der Waals surface area contributed by atoms with Gasteiger partial charge in [0.05, 0.1) is 0 Å². The monoisotopic (exact) mass is 242 g/mol. The predicted molar refractivity (Wildman–Crippen MR) is 65.3 cm³/mol. The van der Waals surface area contributed by atoms with Crippen LogP contribution >= 0.6 is 0 Å².